The number of hydrogen-bond acceptors (Lipinski definition) is 5. The minimum absolute atomic E-state index is 0.0417. The van der Waals surface area contributed by atoms with Gasteiger partial charge in [0.25, 0.3) is 0 Å². The zero-order valence-electron chi connectivity index (χ0n) is 11.5. The van der Waals surface area contributed by atoms with Gasteiger partial charge < -0.3 is 9.47 Å². The molecular formula is C11H24N2O4. The first kappa shape index (κ1) is 18.2. The second kappa shape index (κ2) is 10.0. The predicted octanol–water partition coefficient (Wildman–Crippen LogP) is 0.620. The summed E-state index contributed by atoms with van der Waals surface area (Å²) in [5.74, 6) is -0.387. The second-order valence-electron chi connectivity index (χ2n) is 4.21. The summed E-state index contributed by atoms with van der Waals surface area (Å²) in [6.45, 7) is 7.87. The van der Waals surface area contributed by atoms with Crippen LogP contribution in [0, 0.1) is 0 Å². The standard InChI is InChI=1S/C6H12N2O3.C5H12O/c1-3-5(6(10)11-2)8-7-4-9;1-5(2,3)6-4/h4-5,8H,3H2,1-2H3,(H,7,9);1-4H3. The van der Waals surface area contributed by atoms with Crippen molar-refractivity contribution in [1.82, 2.24) is 10.9 Å². The van der Waals surface area contributed by atoms with Crippen molar-refractivity contribution in [3.05, 3.63) is 0 Å². The Labute approximate surface area is 103 Å². The molecule has 0 aliphatic heterocycles. The highest BCUT2D eigenvalue weighted by Crippen LogP contribution is 2.02. The third kappa shape index (κ3) is 12.8. The second-order valence-corrected chi connectivity index (χ2v) is 4.21. The quantitative estimate of drug-likeness (QED) is 0.424. The first-order valence-corrected chi connectivity index (χ1v) is 5.40. The molecule has 0 radical (unpaired) electrons. The topological polar surface area (TPSA) is 76.7 Å². The number of hydrogen-bond donors (Lipinski definition) is 2. The Hall–Kier alpha value is -1.14. The lowest BCUT2D eigenvalue weighted by molar-refractivity contribution is -0.143. The highest BCUT2D eigenvalue weighted by atomic mass is 16.5. The van der Waals surface area contributed by atoms with E-state index in [0.717, 1.165) is 0 Å². The fraction of sp³-hybridized carbons (Fsp3) is 0.818. The summed E-state index contributed by atoms with van der Waals surface area (Å²) < 4.78 is 9.38. The van der Waals surface area contributed by atoms with Crippen LogP contribution < -0.4 is 10.9 Å². The van der Waals surface area contributed by atoms with Crippen molar-refractivity contribution in [2.45, 2.75) is 45.8 Å². The van der Waals surface area contributed by atoms with E-state index in [2.05, 4.69) is 15.6 Å². The maximum Gasteiger partial charge on any atom is 0.324 e. The van der Waals surface area contributed by atoms with Crippen molar-refractivity contribution >= 4 is 12.4 Å². The number of hydrazine groups is 1. The van der Waals surface area contributed by atoms with E-state index in [1.165, 1.54) is 7.11 Å². The van der Waals surface area contributed by atoms with Gasteiger partial charge in [0.2, 0.25) is 6.41 Å². The molecule has 0 fully saturated rings. The number of nitrogens with one attached hydrogen (secondary N) is 2. The summed E-state index contributed by atoms with van der Waals surface area (Å²) in [5, 5.41) is 0. The van der Waals surface area contributed by atoms with Gasteiger partial charge in [0.1, 0.15) is 6.04 Å². The number of rotatable bonds is 5. The molecule has 102 valence electrons. The van der Waals surface area contributed by atoms with Crippen LogP contribution in [0.3, 0.4) is 0 Å². The molecule has 6 heteroatoms. The average Bonchev–Trinajstić information content (AvgIpc) is 2.29. The first-order chi connectivity index (χ1) is 7.82. The average molecular weight is 248 g/mol. The maximum atomic E-state index is 10.8. The Bertz CT molecular complexity index is 214. The normalized spacial score (nSPS) is 11.9. The Morgan fingerprint density at radius 3 is 2.06 bits per heavy atom. The van der Waals surface area contributed by atoms with Gasteiger partial charge >= 0.3 is 5.97 Å². The Morgan fingerprint density at radius 2 is 1.82 bits per heavy atom. The minimum atomic E-state index is -0.467. The molecule has 0 aromatic rings. The lowest BCUT2D eigenvalue weighted by Crippen LogP contribution is -2.44. The van der Waals surface area contributed by atoms with Gasteiger partial charge in [0.05, 0.1) is 12.7 Å². The van der Waals surface area contributed by atoms with Crippen LogP contribution in [-0.4, -0.2) is 38.2 Å². The number of methoxy groups -OCH3 is 2. The number of esters is 1. The molecule has 0 saturated heterocycles. The highest BCUT2D eigenvalue weighted by molar-refractivity contribution is 5.75. The van der Waals surface area contributed by atoms with Gasteiger partial charge in [-0.2, -0.15) is 0 Å². The van der Waals surface area contributed by atoms with Crippen molar-refractivity contribution in [2.24, 2.45) is 0 Å². The third-order valence-electron chi connectivity index (χ3n) is 1.82. The summed E-state index contributed by atoms with van der Waals surface area (Å²) in [6.07, 6.45) is 1.03. The van der Waals surface area contributed by atoms with Crippen LogP contribution in [0.4, 0.5) is 0 Å². The van der Waals surface area contributed by atoms with E-state index in [-0.39, 0.29) is 11.6 Å². The number of amides is 1. The Balaban J connectivity index is 0. The van der Waals surface area contributed by atoms with Crippen molar-refractivity contribution in [3.63, 3.8) is 0 Å². The highest BCUT2D eigenvalue weighted by Gasteiger charge is 2.14. The van der Waals surface area contributed by atoms with Crippen molar-refractivity contribution in [2.75, 3.05) is 14.2 Å². The van der Waals surface area contributed by atoms with E-state index >= 15 is 0 Å². The fourth-order valence-corrected chi connectivity index (χ4v) is 0.605. The fourth-order valence-electron chi connectivity index (χ4n) is 0.605. The van der Waals surface area contributed by atoms with Gasteiger partial charge in [-0.05, 0) is 27.2 Å². The molecule has 17 heavy (non-hydrogen) atoms. The van der Waals surface area contributed by atoms with Crippen LogP contribution in [0.15, 0.2) is 0 Å². The molecule has 1 amide bonds. The number of carbonyl (C=O) groups is 2. The zero-order chi connectivity index (χ0) is 13.9. The number of ether oxygens (including phenoxy) is 2. The van der Waals surface area contributed by atoms with Gasteiger partial charge in [-0.15, -0.1) is 0 Å². The molecule has 0 spiro atoms. The van der Waals surface area contributed by atoms with Gasteiger partial charge in [0.15, 0.2) is 0 Å². The zero-order valence-corrected chi connectivity index (χ0v) is 11.5. The molecule has 1 unspecified atom stereocenters. The van der Waals surface area contributed by atoms with E-state index in [1.54, 1.807) is 14.0 Å². The summed E-state index contributed by atoms with van der Waals surface area (Å²) in [4.78, 5) is 20.6. The molecule has 6 nitrogen and oxygen atoms in total. The van der Waals surface area contributed by atoms with Crippen LogP contribution in [-0.2, 0) is 19.1 Å². The number of carbonyl (C=O) groups excluding carboxylic acids is 2. The van der Waals surface area contributed by atoms with Crippen LogP contribution in [0.2, 0.25) is 0 Å². The Kier molecular flexibility index (Phi) is 10.8. The van der Waals surface area contributed by atoms with Gasteiger partial charge in [0, 0.05) is 7.11 Å². The smallest absolute Gasteiger partial charge is 0.324 e. The summed E-state index contributed by atoms with van der Waals surface area (Å²) >= 11 is 0. The van der Waals surface area contributed by atoms with Crippen LogP contribution in [0.1, 0.15) is 34.1 Å². The van der Waals surface area contributed by atoms with Crippen LogP contribution in [0.5, 0.6) is 0 Å². The predicted molar refractivity (Wildman–Crippen MR) is 65.2 cm³/mol. The van der Waals surface area contributed by atoms with E-state index < -0.39 is 6.04 Å². The largest absolute Gasteiger partial charge is 0.468 e. The summed E-state index contributed by atoms with van der Waals surface area (Å²) in [6, 6.07) is -0.467. The molecule has 1 atom stereocenters. The summed E-state index contributed by atoms with van der Waals surface area (Å²) in [5.41, 5.74) is 4.70. The molecule has 0 aliphatic carbocycles. The first-order valence-electron chi connectivity index (χ1n) is 5.40. The molecule has 0 bridgehead atoms. The molecular weight excluding hydrogens is 224 g/mol. The lowest BCUT2D eigenvalue weighted by atomic mass is 10.2. The molecule has 0 heterocycles. The van der Waals surface area contributed by atoms with Crippen LogP contribution >= 0.6 is 0 Å². The minimum Gasteiger partial charge on any atom is -0.468 e. The van der Waals surface area contributed by atoms with Crippen molar-refractivity contribution in [3.8, 4) is 0 Å². The van der Waals surface area contributed by atoms with Gasteiger partial charge in [-0.25, -0.2) is 5.43 Å². The van der Waals surface area contributed by atoms with Gasteiger partial charge in [-0.3, -0.25) is 15.0 Å². The molecule has 0 saturated carbocycles. The summed E-state index contributed by atoms with van der Waals surface area (Å²) in [7, 11) is 3.01. The molecule has 2 N–H and O–H groups in total. The monoisotopic (exact) mass is 248 g/mol. The molecule has 0 aromatic carbocycles. The third-order valence-corrected chi connectivity index (χ3v) is 1.82. The molecule has 0 aliphatic rings. The van der Waals surface area contributed by atoms with Crippen molar-refractivity contribution in [1.29, 1.82) is 0 Å². The SMILES string of the molecule is CCC(NNC=O)C(=O)OC.COC(C)(C)C. The van der Waals surface area contributed by atoms with E-state index in [1.807, 2.05) is 20.8 Å². The van der Waals surface area contributed by atoms with E-state index in [4.69, 9.17) is 4.74 Å². The van der Waals surface area contributed by atoms with E-state index in [9.17, 15) is 9.59 Å². The molecule has 0 aromatic heterocycles. The van der Waals surface area contributed by atoms with Gasteiger partial charge in [-0.1, -0.05) is 6.92 Å². The van der Waals surface area contributed by atoms with E-state index in [0.29, 0.717) is 12.8 Å². The van der Waals surface area contributed by atoms with Crippen LogP contribution in [0.25, 0.3) is 0 Å². The molecule has 0 rings (SSSR count). The maximum absolute atomic E-state index is 10.8. The van der Waals surface area contributed by atoms with Crippen molar-refractivity contribution < 1.29 is 19.1 Å². The lowest BCUT2D eigenvalue weighted by Gasteiger charge is -2.14. The Morgan fingerprint density at radius 1 is 1.35 bits per heavy atom.